The lowest BCUT2D eigenvalue weighted by molar-refractivity contribution is -0.141. The predicted molar refractivity (Wildman–Crippen MR) is 97.5 cm³/mol. The summed E-state index contributed by atoms with van der Waals surface area (Å²) in [6.45, 7) is 0.492. The number of carbonyl (C=O) groups is 1. The molecule has 2 atom stereocenters. The number of esters is 1. The summed E-state index contributed by atoms with van der Waals surface area (Å²) in [6, 6.07) is 16.3. The molecule has 1 aliphatic rings. The highest BCUT2D eigenvalue weighted by atomic mass is 127. The largest absolute Gasteiger partial charge is 0.496 e. The minimum absolute atomic E-state index is 0.0801. The van der Waals surface area contributed by atoms with Crippen LogP contribution in [0.5, 0.6) is 5.75 Å². The molecule has 0 saturated carbocycles. The van der Waals surface area contributed by atoms with Crippen LogP contribution in [0.25, 0.3) is 0 Å². The van der Waals surface area contributed by atoms with E-state index in [1.165, 1.54) is 9.13 Å². The second-order valence-electron chi connectivity index (χ2n) is 5.84. The quantitative estimate of drug-likeness (QED) is 0.542. The number of ether oxygens (including phenoxy) is 2. The van der Waals surface area contributed by atoms with Crippen LogP contribution in [0.3, 0.4) is 0 Å². The SMILES string of the molecule is COc1ccccc1C[C@H]1COC(=O)[C@@H]1Cc1ccc(I)cc1. The standard InChI is InChI=1S/C19H19IO3/c1-22-18-5-3-2-4-14(18)11-15-12-23-19(21)17(15)10-13-6-8-16(20)9-7-13/h2-9,15,17H,10-12H2,1H3/t15-,17+/m0/s1. The zero-order valence-electron chi connectivity index (χ0n) is 13.0. The molecule has 1 saturated heterocycles. The van der Waals surface area contributed by atoms with Gasteiger partial charge in [-0.25, -0.2) is 0 Å². The molecule has 0 amide bonds. The van der Waals surface area contributed by atoms with Crippen molar-refractivity contribution in [2.45, 2.75) is 12.8 Å². The van der Waals surface area contributed by atoms with E-state index in [9.17, 15) is 4.79 Å². The Bertz CT molecular complexity index is 681. The molecule has 3 nitrogen and oxygen atoms in total. The number of benzene rings is 2. The summed E-state index contributed by atoms with van der Waals surface area (Å²) in [5.41, 5.74) is 2.31. The molecule has 0 bridgehead atoms. The van der Waals surface area contributed by atoms with Gasteiger partial charge in [0.2, 0.25) is 0 Å². The molecule has 0 aromatic heterocycles. The molecule has 23 heavy (non-hydrogen) atoms. The van der Waals surface area contributed by atoms with Crippen molar-refractivity contribution in [1.82, 2.24) is 0 Å². The summed E-state index contributed by atoms with van der Waals surface area (Å²) >= 11 is 2.29. The zero-order valence-corrected chi connectivity index (χ0v) is 15.2. The zero-order chi connectivity index (χ0) is 16.2. The van der Waals surface area contributed by atoms with E-state index in [0.717, 1.165) is 24.2 Å². The first kappa shape index (κ1) is 16.3. The van der Waals surface area contributed by atoms with E-state index in [-0.39, 0.29) is 17.8 Å². The fourth-order valence-electron chi connectivity index (χ4n) is 3.08. The molecule has 0 spiro atoms. The Morgan fingerprint density at radius 3 is 2.61 bits per heavy atom. The Morgan fingerprint density at radius 1 is 1.13 bits per heavy atom. The van der Waals surface area contributed by atoms with Crippen LogP contribution in [-0.4, -0.2) is 19.7 Å². The van der Waals surface area contributed by atoms with Crippen molar-refractivity contribution in [1.29, 1.82) is 0 Å². The van der Waals surface area contributed by atoms with Crippen LogP contribution >= 0.6 is 22.6 Å². The van der Waals surface area contributed by atoms with Crippen molar-refractivity contribution in [3.63, 3.8) is 0 Å². The molecule has 0 radical (unpaired) electrons. The third-order valence-electron chi connectivity index (χ3n) is 4.35. The number of halogens is 1. The first-order chi connectivity index (χ1) is 11.2. The molecule has 3 rings (SSSR count). The summed E-state index contributed by atoms with van der Waals surface area (Å²) < 4.78 is 12.0. The summed E-state index contributed by atoms with van der Waals surface area (Å²) in [5.74, 6) is 0.904. The first-order valence-electron chi connectivity index (χ1n) is 7.70. The number of methoxy groups -OCH3 is 1. The monoisotopic (exact) mass is 422 g/mol. The average molecular weight is 422 g/mol. The lowest BCUT2D eigenvalue weighted by Crippen LogP contribution is -2.20. The van der Waals surface area contributed by atoms with Crippen molar-refractivity contribution < 1.29 is 14.3 Å². The molecule has 2 aromatic rings. The van der Waals surface area contributed by atoms with Crippen LogP contribution in [0, 0.1) is 15.4 Å². The van der Waals surface area contributed by atoms with Gasteiger partial charge in [-0.05, 0) is 64.8 Å². The van der Waals surface area contributed by atoms with Crippen molar-refractivity contribution >= 4 is 28.6 Å². The number of rotatable bonds is 5. The van der Waals surface area contributed by atoms with Crippen LogP contribution in [-0.2, 0) is 22.4 Å². The van der Waals surface area contributed by atoms with Gasteiger partial charge < -0.3 is 9.47 Å². The molecule has 4 heteroatoms. The number of para-hydroxylation sites is 1. The summed E-state index contributed by atoms with van der Waals surface area (Å²) in [6.07, 6.45) is 1.53. The lowest BCUT2D eigenvalue weighted by Gasteiger charge is -2.17. The van der Waals surface area contributed by atoms with Gasteiger partial charge in [-0.2, -0.15) is 0 Å². The molecule has 120 valence electrons. The van der Waals surface area contributed by atoms with E-state index in [0.29, 0.717) is 6.61 Å². The maximum absolute atomic E-state index is 12.1. The molecular formula is C19H19IO3. The molecule has 0 aliphatic carbocycles. The van der Waals surface area contributed by atoms with Crippen LogP contribution < -0.4 is 4.74 Å². The number of hydrogen-bond acceptors (Lipinski definition) is 3. The van der Waals surface area contributed by atoms with Crippen LogP contribution in [0.2, 0.25) is 0 Å². The number of cyclic esters (lactones) is 1. The van der Waals surface area contributed by atoms with Crippen molar-refractivity contribution in [3.05, 3.63) is 63.2 Å². The molecule has 2 aromatic carbocycles. The first-order valence-corrected chi connectivity index (χ1v) is 8.78. The average Bonchev–Trinajstić information content (AvgIpc) is 2.90. The van der Waals surface area contributed by atoms with Crippen LogP contribution in [0.15, 0.2) is 48.5 Å². The fourth-order valence-corrected chi connectivity index (χ4v) is 3.44. The van der Waals surface area contributed by atoms with Crippen LogP contribution in [0.1, 0.15) is 11.1 Å². The van der Waals surface area contributed by atoms with Gasteiger partial charge in [0.1, 0.15) is 5.75 Å². The lowest BCUT2D eigenvalue weighted by atomic mass is 9.85. The Morgan fingerprint density at radius 2 is 1.87 bits per heavy atom. The smallest absolute Gasteiger partial charge is 0.309 e. The van der Waals surface area contributed by atoms with Gasteiger partial charge in [-0.1, -0.05) is 30.3 Å². The van der Waals surface area contributed by atoms with Gasteiger partial charge >= 0.3 is 5.97 Å². The molecular weight excluding hydrogens is 403 g/mol. The van der Waals surface area contributed by atoms with E-state index in [1.807, 2.05) is 18.2 Å². The number of hydrogen-bond donors (Lipinski definition) is 0. The summed E-state index contributed by atoms with van der Waals surface area (Å²) in [5, 5.41) is 0. The van der Waals surface area contributed by atoms with Gasteiger partial charge in [0.15, 0.2) is 0 Å². The normalized spacial score (nSPS) is 20.3. The molecule has 0 unspecified atom stereocenters. The Labute approximate surface area is 150 Å². The molecule has 1 heterocycles. The van der Waals surface area contributed by atoms with E-state index < -0.39 is 0 Å². The van der Waals surface area contributed by atoms with Gasteiger partial charge in [-0.3, -0.25) is 4.79 Å². The Hall–Kier alpha value is -1.56. The predicted octanol–water partition coefficient (Wildman–Crippen LogP) is 3.87. The maximum Gasteiger partial charge on any atom is 0.309 e. The van der Waals surface area contributed by atoms with Gasteiger partial charge in [-0.15, -0.1) is 0 Å². The molecule has 1 fully saturated rings. The summed E-state index contributed by atoms with van der Waals surface area (Å²) in [7, 11) is 1.68. The summed E-state index contributed by atoms with van der Waals surface area (Å²) in [4.78, 5) is 12.1. The van der Waals surface area contributed by atoms with E-state index in [2.05, 4.69) is 52.9 Å². The van der Waals surface area contributed by atoms with Gasteiger partial charge in [0, 0.05) is 9.49 Å². The minimum Gasteiger partial charge on any atom is -0.496 e. The van der Waals surface area contributed by atoms with E-state index in [1.54, 1.807) is 7.11 Å². The van der Waals surface area contributed by atoms with Gasteiger partial charge in [0.25, 0.3) is 0 Å². The second kappa shape index (κ2) is 7.34. The van der Waals surface area contributed by atoms with Crippen molar-refractivity contribution in [3.8, 4) is 5.75 Å². The number of carbonyl (C=O) groups excluding carboxylic acids is 1. The highest BCUT2D eigenvalue weighted by molar-refractivity contribution is 14.1. The fraction of sp³-hybridized carbons (Fsp3) is 0.316. The van der Waals surface area contributed by atoms with Gasteiger partial charge in [0.05, 0.1) is 19.6 Å². The molecule has 0 N–H and O–H groups in total. The Balaban J connectivity index is 1.75. The maximum atomic E-state index is 12.1. The Kier molecular flexibility index (Phi) is 5.20. The molecule has 1 aliphatic heterocycles. The third-order valence-corrected chi connectivity index (χ3v) is 5.07. The highest BCUT2D eigenvalue weighted by Gasteiger charge is 2.37. The third kappa shape index (κ3) is 3.86. The van der Waals surface area contributed by atoms with E-state index >= 15 is 0 Å². The van der Waals surface area contributed by atoms with Crippen molar-refractivity contribution in [2.24, 2.45) is 11.8 Å². The van der Waals surface area contributed by atoms with Crippen LogP contribution in [0.4, 0.5) is 0 Å². The topological polar surface area (TPSA) is 35.5 Å². The highest BCUT2D eigenvalue weighted by Crippen LogP contribution is 2.31. The van der Waals surface area contributed by atoms with E-state index in [4.69, 9.17) is 9.47 Å². The minimum atomic E-state index is -0.0834. The van der Waals surface area contributed by atoms with Crippen molar-refractivity contribution in [2.75, 3.05) is 13.7 Å². The second-order valence-corrected chi connectivity index (χ2v) is 7.09.